The van der Waals surface area contributed by atoms with Gasteiger partial charge in [-0.2, -0.15) is 0 Å². The average molecular weight is 795 g/mol. The summed E-state index contributed by atoms with van der Waals surface area (Å²) in [6, 6.07) is 0. The summed E-state index contributed by atoms with van der Waals surface area (Å²) in [7, 11) is 0. The van der Waals surface area contributed by atoms with Crippen LogP contribution in [0.4, 0.5) is 0 Å². The quantitative estimate of drug-likeness (QED) is 0.110. The van der Waals surface area contributed by atoms with E-state index in [4.69, 9.17) is 18.9 Å². The number of aliphatic carboxylic acids is 1. The van der Waals surface area contributed by atoms with Gasteiger partial charge in [-0.1, -0.05) is 53.2 Å². The Balaban J connectivity index is 1.21. The first-order valence-corrected chi connectivity index (χ1v) is 20.9. The lowest BCUT2D eigenvalue weighted by Crippen LogP contribution is -2.68. The van der Waals surface area contributed by atoms with Gasteiger partial charge in [0.15, 0.2) is 6.29 Å². The summed E-state index contributed by atoms with van der Waals surface area (Å²) < 4.78 is 23.9. The van der Waals surface area contributed by atoms with E-state index >= 15 is 0 Å². The van der Waals surface area contributed by atoms with E-state index in [0.29, 0.717) is 32.1 Å². The molecule has 2 saturated heterocycles. The molecule has 2 heterocycles. The first-order valence-electron chi connectivity index (χ1n) is 20.9. The van der Waals surface area contributed by atoms with Crippen molar-refractivity contribution in [3.8, 4) is 0 Å². The molecule has 0 aromatic heterocycles. The minimum absolute atomic E-state index is 0.00720. The zero-order chi connectivity index (χ0) is 41.1. The summed E-state index contributed by atoms with van der Waals surface area (Å²) in [4.78, 5) is 28.8. The summed E-state index contributed by atoms with van der Waals surface area (Å²) in [5, 5.41) is 84.5. The maximum absolute atomic E-state index is 14.6. The number of aliphatic hydroxyl groups is 7. The molecule has 0 bridgehead atoms. The van der Waals surface area contributed by atoms with E-state index in [9.17, 15) is 50.4 Å². The zero-order valence-corrected chi connectivity index (χ0v) is 33.9. The van der Waals surface area contributed by atoms with Gasteiger partial charge in [-0.15, -0.1) is 0 Å². The van der Waals surface area contributed by atoms with Gasteiger partial charge in [-0.3, -0.25) is 9.59 Å². The molecular formula is C42H66O14. The Morgan fingerprint density at radius 2 is 1.43 bits per heavy atom. The molecule has 8 N–H and O–H groups in total. The van der Waals surface area contributed by atoms with Crippen LogP contribution in [0.1, 0.15) is 106 Å². The van der Waals surface area contributed by atoms with Gasteiger partial charge in [-0.05, 0) is 111 Å². The fourth-order valence-corrected chi connectivity index (χ4v) is 13.9. The third-order valence-electron chi connectivity index (χ3n) is 17.3. The number of esters is 1. The molecule has 5 aliphatic carbocycles. The van der Waals surface area contributed by atoms with Crippen molar-refractivity contribution in [2.45, 2.75) is 174 Å². The molecule has 14 nitrogen and oxygen atoms in total. The summed E-state index contributed by atoms with van der Waals surface area (Å²) in [5.74, 6) is -1.73. The maximum atomic E-state index is 14.6. The van der Waals surface area contributed by atoms with Crippen LogP contribution in [0.2, 0.25) is 0 Å². The highest BCUT2D eigenvalue weighted by atomic mass is 16.7. The van der Waals surface area contributed by atoms with Crippen LogP contribution in [0.5, 0.6) is 0 Å². The van der Waals surface area contributed by atoms with E-state index in [1.54, 1.807) is 6.92 Å². The summed E-state index contributed by atoms with van der Waals surface area (Å²) in [5.41, 5.74) is -2.93. The molecule has 2 aliphatic heterocycles. The lowest BCUT2D eigenvalue weighted by molar-refractivity contribution is -0.324. The average Bonchev–Trinajstić information content (AvgIpc) is 3.14. The Labute approximate surface area is 329 Å². The largest absolute Gasteiger partial charge is 0.481 e. The van der Waals surface area contributed by atoms with Crippen molar-refractivity contribution in [3.63, 3.8) is 0 Å². The smallest absolute Gasteiger partial charge is 0.315 e. The van der Waals surface area contributed by atoms with E-state index in [-0.39, 0.29) is 48.0 Å². The minimum atomic E-state index is -1.74. The molecule has 14 heteroatoms. The SMILES string of the molecule is C[C@@H]1[C@H](C)CC[C@@]2(C(=O)O[C@H]3O[C@@H](CO)[C@H](O)[C@@H](O)[C@@H]3O)CC[C@@]3(C(=O)O)C(=CC[C@@H]4[C@]5(C)CC[C@H](O[C@@H]6O[C@H](C)[C@H](O)[C@H](O)[C@@H]6O)C(C)(C)[C@@H]5CC[C@@]43C)[C@H]12. The highest BCUT2D eigenvalue weighted by Gasteiger charge is 2.74. The first-order chi connectivity index (χ1) is 26.1. The molecule has 7 aliphatic rings. The van der Waals surface area contributed by atoms with Crippen molar-refractivity contribution in [3.05, 3.63) is 11.6 Å². The van der Waals surface area contributed by atoms with E-state index in [1.165, 1.54) is 0 Å². The van der Waals surface area contributed by atoms with Crippen molar-refractivity contribution in [1.82, 2.24) is 0 Å². The molecule has 0 aromatic carbocycles. The van der Waals surface area contributed by atoms with Gasteiger partial charge in [0.25, 0.3) is 0 Å². The van der Waals surface area contributed by atoms with Gasteiger partial charge in [0, 0.05) is 0 Å². The molecule has 20 atom stereocenters. The molecule has 0 radical (unpaired) electrons. The summed E-state index contributed by atoms with van der Waals surface area (Å²) in [6.07, 6.45) is -6.91. The molecule has 0 unspecified atom stereocenters. The number of carbonyl (C=O) groups is 2. The Morgan fingerprint density at radius 3 is 2.09 bits per heavy atom. The van der Waals surface area contributed by atoms with Crippen LogP contribution < -0.4 is 0 Å². The third-order valence-corrected chi connectivity index (χ3v) is 17.3. The molecule has 7 rings (SSSR count). The fraction of sp³-hybridized carbons (Fsp3) is 0.905. The molecule has 4 saturated carbocycles. The number of carbonyl (C=O) groups excluding carboxylic acids is 1. The van der Waals surface area contributed by atoms with Crippen LogP contribution in [-0.4, -0.2) is 127 Å². The molecular weight excluding hydrogens is 728 g/mol. The molecule has 6 fully saturated rings. The zero-order valence-electron chi connectivity index (χ0n) is 33.9. The standard InChI is InChI=1S/C42H66O14/c1-19-10-15-41(37(52)56-35-33(49)31(47)29(45)23(18-43)54-35)16-17-42(36(50)51)22(27(41)20(19)2)8-9-25-39(6)13-12-26(38(4,5)24(39)11-14-40(25,42)7)55-34-32(48)30(46)28(44)21(3)53-34/h8,19-21,23-35,43-49H,9-18H2,1-7H3,(H,50,51)/t19-,20-,21-,23+,24+,25-,26+,27+,28+,29+,30+,31-,32+,33+,34+,35-,39-,40+,41-,42+/m1/s1. The van der Waals surface area contributed by atoms with Crippen molar-refractivity contribution < 1.29 is 69.4 Å². The van der Waals surface area contributed by atoms with Crippen LogP contribution in [0.3, 0.4) is 0 Å². The monoisotopic (exact) mass is 794 g/mol. The predicted molar refractivity (Wildman–Crippen MR) is 198 cm³/mol. The summed E-state index contributed by atoms with van der Waals surface area (Å²) >= 11 is 0. The van der Waals surface area contributed by atoms with Crippen LogP contribution in [0, 0.1) is 56.7 Å². The van der Waals surface area contributed by atoms with Gasteiger partial charge in [0.05, 0.1) is 29.6 Å². The molecule has 318 valence electrons. The molecule has 0 spiro atoms. The van der Waals surface area contributed by atoms with Crippen LogP contribution >= 0.6 is 0 Å². The molecule has 0 amide bonds. The van der Waals surface area contributed by atoms with E-state index in [2.05, 4.69) is 47.6 Å². The molecule has 0 aromatic rings. The van der Waals surface area contributed by atoms with Crippen LogP contribution in [-0.2, 0) is 28.5 Å². The van der Waals surface area contributed by atoms with Gasteiger partial charge >= 0.3 is 11.9 Å². The summed E-state index contributed by atoms with van der Waals surface area (Å²) in [6.45, 7) is 14.0. The predicted octanol–water partition coefficient (Wildman–Crippen LogP) is 2.26. The number of carboxylic acids is 1. The number of ether oxygens (including phenoxy) is 4. The Kier molecular flexibility index (Phi) is 11.0. The first kappa shape index (κ1) is 42.4. The van der Waals surface area contributed by atoms with Crippen molar-refractivity contribution >= 4 is 11.9 Å². The van der Waals surface area contributed by atoms with Gasteiger partial charge in [0.1, 0.15) is 42.7 Å². The number of rotatable bonds is 6. The Hall–Kier alpha value is -1.72. The van der Waals surface area contributed by atoms with Gasteiger partial charge in [-0.25, -0.2) is 0 Å². The number of hydrogen-bond acceptors (Lipinski definition) is 13. The number of carboxylic acid groups (broad SMARTS) is 1. The number of allylic oxidation sites excluding steroid dienone is 1. The van der Waals surface area contributed by atoms with E-state index in [0.717, 1.165) is 18.4 Å². The Morgan fingerprint density at radius 1 is 0.768 bits per heavy atom. The molecule has 56 heavy (non-hydrogen) atoms. The van der Waals surface area contributed by atoms with Gasteiger partial charge in [0.2, 0.25) is 6.29 Å². The van der Waals surface area contributed by atoms with Crippen LogP contribution in [0.25, 0.3) is 0 Å². The van der Waals surface area contributed by atoms with E-state index < -0.39 is 108 Å². The second-order valence-electron chi connectivity index (χ2n) is 20.0. The highest BCUT2D eigenvalue weighted by Crippen LogP contribution is 2.76. The van der Waals surface area contributed by atoms with Crippen LogP contribution in [0.15, 0.2) is 11.6 Å². The lowest BCUT2D eigenvalue weighted by atomic mass is 9.33. The second-order valence-corrected chi connectivity index (χ2v) is 20.0. The van der Waals surface area contributed by atoms with Crippen molar-refractivity contribution in [2.24, 2.45) is 56.7 Å². The third kappa shape index (κ3) is 5.85. The van der Waals surface area contributed by atoms with E-state index in [1.807, 2.05) is 0 Å². The fourth-order valence-electron chi connectivity index (χ4n) is 13.9. The number of hydrogen-bond donors (Lipinski definition) is 8. The lowest BCUT2D eigenvalue weighted by Gasteiger charge is -2.70. The normalized spacial score (nSPS) is 54.0. The highest BCUT2D eigenvalue weighted by molar-refractivity contribution is 5.85. The topological polar surface area (TPSA) is 233 Å². The van der Waals surface area contributed by atoms with Crippen molar-refractivity contribution in [1.29, 1.82) is 0 Å². The minimum Gasteiger partial charge on any atom is -0.481 e. The second kappa shape index (κ2) is 14.5. The number of aliphatic hydroxyl groups excluding tert-OH is 7. The van der Waals surface area contributed by atoms with Crippen molar-refractivity contribution in [2.75, 3.05) is 6.61 Å². The maximum Gasteiger partial charge on any atom is 0.315 e. The number of fused-ring (bicyclic) bond motifs is 7. The Bertz CT molecular complexity index is 1550. The van der Waals surface area contributed by atoms with Gasteiger partial charge < -0.3 is 59.8 Å².